The number of methoxy groups -OCH3 is 1. The van der Waals surface area contributed by atoms with Gasteiger partial charge in [0, 0.05) is 42.7 Å². The molecule has 1 aliphatic carbocycles. The zero-order valence-electron chi connectivity index (χ0n) is 24.2. The molecule has 3 aromatic rings. The van der Waals surface area contributed by atoms with Crippen LogP contribution < -0.4 is 10.1 Å². The highest BCUT2D eigenvalue weighted by Crippen LogP contribution is 2.43. The van der Waals surface area contributed by atoms with Gasteiger partial charge in [0.25, 0.3) is 11.8 Å². The van der Waals surface area contributed by atoms with E-state index in [1.807, 2.05) is 36.4 Å². The summed E-state index contributed by atoms with van der Waals surface area (Å²) in [4.78, 5) is 34.2. The molecule has 0 fully saturated rings. The molecule has 1 N–H and O–H groups in total. The Balaban J connectivity index is 1.58. The number of nitrogens with one attached hydrogen (secondary N) is 1. The maximum Gasteiger partial charge on any atom is 0.266 e. The molecular formula is C33H35ClN4O3. The summed E-state index contributed by atoms with van der Waals surface area (Å²) in [6.45, 7) is 8.12. The molecule has 0 spiro atoms. The van der Waals surface area contributed by atoms with Crippen LogP contribution in [0.2, 0.25) is 5.02 Å². The lowest BCUT2D eigenvalue weighted by molar-refractivity contribution is -0.128. The molecule has 212 valence electrons. The topological polar surface area (TPSA) is 74.8 Å². The van der Waals surface area contributed by atoms with Crippen molar-refractivity contribution in [3.63, 3.8) is 0 Å². The van der Waals surface area contributed by atoms with E-state index < -0.39 is 11.8 Å². The molecule has 5 rings (SSSR count). The van der Waals surface area contributed by atoms with Crippen molar-refractivity contribution < 1.29 is 14.3 Å². The highest BCUT2D eigenvalue weighted by atomic mass is 35.5. The second-order valence-corrected chi connectivity index (χ2v) is 11.0. The lowest BCUT2D eigenvalue weighted by Crippen LogP contribution is -2.41. The van der Waals surface area contributed by atoms with Gasteiger partial charge in [0.1, 0.15) is 11.4 Å². The third-order valence-corrected chi connectivity index (χ3v) is 8.57. The lowest BCUT2D eigenvalue weighted by Gasteiger charge is -2.32. The number of hydrogen-bond donors (Lipinski definition) is 1. The number of pyridine rings is 1. The predicted molar refractivity (Wildman–Crippen MR) is 164 cm³/mol. The van der Waals surface area contributed by atoms with Gasteiger partial charge >= 0.3 is 0 Å². The largest absolute Gasteiger partial charge is 0.481 e. The molecule has 41 heavy (non-hydrogen) atoms. The van der Waals surface area contributed by atoms with Crippen LogP contribution in [-0.2, 0) is 22.4 Å². The Bertz CT molecular complexity index is 1600. The summed E-state index contributed by atoms with van der Waals surface area (Å²) in [5.74, 6) is 0.379. The Morgan fingerprint density at radius 2 is 1.85 bits per heavy atom. The third kappa shape index (κ3) is 5.10. The van der Waals surface area contributed by atoms with Crippen LogP contribution in [0.15, 0.2) is 66.6 Å². The number of benzene rings is 2. The minimum Gasteiger partial charge on any atom is -0.481 e. The fraction of sp³-hybridized carbons (Fsp3) is 0.303. The summed E-state index contributed by atoms with van der Waals surface area (Å²) >= 11 is 7.15. The van der Waals surface area contributed by atoms with Crippen LogP contribution in [0.1, 0.15) is 49.3 Å². The van der Waals surface area contributed by atoms with E-state index in [0.29, 0.717) is 22.4 Å². The number of ether oxygens (including phenoxy) is 1. The first-order valence-corrected chi connectivity index (χ1v) is 14.3. The minimum absolute atomic E-state index is 0.0413. The van der Waals surface area contributed by atoms with Crippen LogP contribution in [0.3, 0.4) is 0 Å². The lowest BCUT2D eigenvalue weighted by atomic mass is 9.87. The molecule has 2 aliphatic rings. The van der Waals surface area contributed by atoms with E-state index >= 15 is 0 Å². The van der Waals surface area contributed by atoms with Gasteiger partial charge in [-0.15, -0.1) is 0 Å². The molecule has 1 aliphatic heterocycles. The number of hydrogen-bond acceptors (Lipinski definition) is 5. The van der Waals surface area contributed by atoms with Crippen molar-refractivity contribution in [1.82, 2.24) is 14.8 Å². The third-order valence-electron chi connectivity index (χ3n) is 8.17. The van der Waals surface area contributed by atoms with E-state index in [4.69, 9.17) is 21.3 Å². The number of amides is 2. The van der Waals surface area contributed by atoms with E-state index in [2.05, 4.69) is 31.8 Å². The minimum atomic E-state index is -0.475. The summed E-state index contributed by atoms with van der Waals surface area (Å²) in [5.41, 5.74) is 7.45. The maximum atomic E-state index is 13.4. The summed E-state index contributed by atoms with van der Waals surface area (Å²) in [5, 5.41) is 3.60. The summed E-state index contributed by atoms with van der Waals surface area (Å²) in [7, 11) is 5.02. The van der Waals surface area contributed by atoms with Gasteiger partial charge in [0.2, 0.25) is 5.88 Å². The Kier molecular flexibility index (Phi) is 7.91. The van der Waals surface area contributed by atoms with Crippen molar-refractivity contribution in [2.24, 2.45) is 0 Å². The van der Waals surface area contributed by atoms with Crippen molar-refractivity contribution in [2.75, 3.05) is 26.5 Å². The number of carbonyl (C=O) groups is 2. The molecule has 0 radical (unpaired) electrons. The summed E-state index contributed by atoms with van der Waals surface area (Å²) < 4.78 is 5.63. The van der Waals surface area contributed by atoms with Crippen molar-refractivity contribution in [3.8, 4) is 28.3 Å². The smallest absolute Gasteiger partial charge is 0.266 e. The fourth-order valence-electron chi connectivity index (χ4n) is 5.64. The van der Waals surface area contributed by atoms with E-state index in [1.165, 1.54) is 22.2 Å². The van der Waals surface area contributed by atoms with Crippen LogP contribution in [0.4, 0.5) is 5.69 Å². The summed E-state index contributed by atoms with van der Waals surface area (Å²) in [6, 6.07) is 13.9. The molecule has 2 amide bonds. The van der Waals surface area contributed by atoms with Crippen molar-refractivity contribution >= 4 is 29.1 Å². The van der Waals surface area contributed by atoms with E-state index in [1.54, 1.807) is 26.1 Å². The van der Waals surface area contributed by atoms with E-state index in [0.717, 1.165) is 53.6 Å². The Hall–Kier alpha value is -4.10. The molecule has 2 heterocycles. The molecule has 0 saturated heterocycles. The average molecular weight is 571 g/mol. The molecule has 1 atom stereocenters. The first-order chi connectivity index (χ1) is 19.7. The molecule has 0 saturated carbocycles. The number of nitrogens with zero attached hydrogens (tertiary/aromatic N) is 3. The fourth-order valence-corrected chi connectivity index (χ4v) is 5.96. The first kappa shape index (κ1) is 28.4. The maximum absolute atomic E-state index is 13.4. The SMILES string of the molecule is C=C1N(C)C=C(C(=O)Nc2cccc(-c3cccc(-c4cc5c(c(OC)n4)CCC5)c3Cl)c2C(C)CC)C(=O)N1C. The zero-order chi connectivity index (χ0) is 29.4. The van der Waals surface area contributed by atoms with Gasteiger partial charge in [0.05, 0.1) is 17.8 Å². The quantitative estimate of drug-likeness (QED) is 0.317. The van der Waals surface area contributed by atoms with Crippen LogP contribution in [0.5, 0.6) is 5.88 Å². The molecule has 1 aromatic heterocycles. The molecule has 0 bridgehead atoms. The standard InChI is InChI=1S/C33H35ClN4O3/c1-7-19(2)29-23(13-10-16-27(29)35-31(39)26-18-37(4)20(3)38(5)33(26)40)24-14-9-15-25(30(24)34)28-17-21-11-8-12-22(21)32(36-28)41-6/h9-10,13-19H,3,7-8,11-12H2,1-2,4-6H3,(H,35,39). The number of fused-ring (bicyclic) bond motifs is 1. The number of anilines is 1. The first-order valence-electron chi connectivity index (χ1n) is 13.9. The van der Waals surface area contributed by atoms with Gasteiger partial charge in [0.15, 0.2) is 0 Å². The molecular weight excluding hydrogens is 536 g/mol. The van der Waals surface area contributed by atoms with Crippen LogP contribution >= 0.6 is 11.6 Å². The number of likely N-dealkylation sites (N-methyl/N-ethyl adjacent to an activating group) is 1. The number of carbonyl (C=O) groups excluding carboxylic acids is 2. The predicted octanol–water partition coefficient (Wildman–Crippen LogP) is 6.78. The monoisotopic (exact) mass is 570 g/mol. The average Bonchev–Trinajstić information content (AvgIpc) is 3.46. The highest BCUT2D eigenvalue weighted by molar-refractivity contribution is 6.36. The van der Waals surface area contributed by atoms with Crippen molar-refractivity contribution in [1.29, 1.82) is 0 Å². The second kappa shape index (κ2) is 11.4. The van der Waals surface area contributed by atoms with Gasteiger partial charge in [-0.25, -0.2) is 4.98 Å². The van der Waals surface area contributed by atoms with Gasteiger partial charge in [-0.05, 0) is 60.4 Å². The number of halogens is 1. The Labute approximate surface area is 246 Å². The van der Waals surface area contributed by atoms with Crippen LogP contribution in [0, 0.1) is 0 Å². The molecule has 2 aromatic carbocycles. The number of rotatable bonds is 7. The van der Waals surface area contributed by atoms with Gasteiger partial charge in [-0.2, -0.15) is 0 Å². The van der Waals surface area contributed by atoms with Gasteiger partial charge in [-0.1, -0.05) is 62.4 Å². The van der Waals surface area contributed by atoms with Gasteiger partial charge < -0.3 is 15.0 Å². The van der Waals surface area contributed by atoms with Crippen molar-refractivity contribution in [2.45, 2.75) is 45.4 Å². The van der Waals surface area contributed by atoms with E-state index in [9.17, 15) is 9.59 Å². The number of aromatic nitrogens is 1. The Morgan fingerprint density at radius 1 is 1.15 bits per heavy atom. The Morgan fingerprint density at radius 3 is 2.59 bits per heavy atom. The highest BCUT2D eigenvalue weighted by Gasteiger charge is 2.30. The van der Waals surface area contributed by atoms with E-state index in [-0.39, 0.29) is 11.5 Å². The zero-order valence-corrected chi connectivity index (χ0v) is 24.9. The molecule has 8 heteroatoms. The summed E-state index contributed by atoms with van der Waals surface area (Å²) in [6.07, 6.45) is 5.42. The normalized spacial score (nSPS) is 15.5. The second-order valence-electron chi connectivity index (χ2n) is 10.6. The van der Waals surface area contributed by atoms with Crippen LogP contribution in [0.25, 0.3) is 22.4 Å². The molecule has 1 unspecified atom stereocenters. The number of aryl methyl sites for hydroxylation is 1. The molecule has 7 nitrogen and oxygen atoms in total. The van der Waals surface area contributed by atoms with Crippen LogP contribution in [-0.4, -0.2) is 47.8 Å². The van der Waals surface area contributed by atoms with Crippen molar-refractivity contribution in [3.05, 3.63) is 88.4 Å². The van der Waals surface area contributed by atoms with Gasteiger partial charge in [-0.3, -0.25) is 14.5 Å².